The average molecular weight is 519 g/mol. The highest BCUT2D eigenvalue weighted by molar-refractivity contribution is 7.89. The number of sulfonamides is 1. The van der Waals surface area contributed by atoms with Gasteiger partial charge in [-0.1, -0.05) is 24.3 Å². The Kier molecular flexibility index (Phi) is 6.63. The fourth-order valence-corrected chi connectivity index (χ4v) is 7.65. The Labute approximate surface area is 218 Å². The maximum atomic E-state index is 13.3. The van der Waals surface area contributed by atoms with Crippen LogP contribution in [0.3, 0.4) is 0 Å². The number of pyridine rings is 1. The van der Waals surface area contributed by atoms with Crippen molar-refractivity contribution in [1.29, 1.82) is 0 Å². The van der Waals surface area contributed by atoms with Gasteiger partial charge in [-0.15, -0.1) is 0 Å². The van der Waals surface area contributed by atoms with Gasteiger partial charge in [-0.3, -0.25) is 4.79 Å². The highest BCUT2D eigenvalue weighted by atomic mass is 32.2. The van der Waals surface area contributed by atoms with Crippen molar-refractivity contribution >= 4 is 32.7 Å². The number of nitrogens with zero attached hydrogens (tertiary/aromatic N) is 3. The molecule has 2 fully saturated rings. The van der Waals surface area contributed by atoms with Crippen molar-refractivity contribution in [3.63, 3.8) is 0 Å². The van der Waals surface area contributed by atoms with Crippen molar-refractivity contribution in [2.45, 2.75) is 55.9 Å². The van der Waals surface area contributed by atoms with E-state index in [1.54, 1.807) is 22.5 Å². The maximum absolute atomic E-state index is 13.3. The summed E-state index contributed by atoms with van der Waals surface area (Å²) >= 11 is 0. The van der Waals surface area contributed by atoms with Crippen molar-refractivity contribution < 1.29 is 13.2 Å². The summed E-state index contributed by atoms with van der Waals surface area (Å²) < 4.78 is 27.5. The number of aromatic nitrogens is 1. The van der Waals surface area contributed by atoms with Crippen LogP contribution in [0.4, 0.5) is 5.82 Å². The van der Waals surface area contributed by atoms with Gasteiger partial charge in [0, 0.05) is 31.6 Å². The highest BCUT2D eigenvalue weighted by Gasteiger charge is 2.30. The van der Waals surface area contributed by atoms with E-state index in [-0.39, 0.29) is 17.9 Å². The van der Waals surface area contributed by atoms with Crippen LogP contribution in [0, 0.1) is 5.92 Å². The summed E-state index contributed by atoms with van der Waals surface area (Å²) in [7, 11) is -3.46. The molecule has 3 heterocycles. The molecule has 0 saturated carbocycles. The molecule has 0 bridgehead atoms. The molecule has 1 N–H and O–H groups in total. The molecule has 3 aliphatic rings. The average Bonchev–Trinajstić information content (AvgIpc) is 3.49. The second-order valence-electron chi connectivity index (χ2n) is 10.6. The molecule has 0 spiro atoms. The van der Waals surface area contributed by atoms with Crippen LogP contribution in [0.1, 0.15) is 55.7 Å². The van der Waals surface area contributed by atoms with Gasteiger partial charge in [0.05, 0.1) is 22.4 Å². The number of aryl methyl sites for hydroxylation is 1. The Bertz CT molecular complexity index is 1420. The third-order valence-electron chi connectivity index (χ3n) is 8.15. The summed E-state index contributed by atoms with van der Waals surface area (Å²) in [6.45, 7) is 2.68. The normalized spacial score (nSPS) is 22.6. The fourth-order valence-electron chi connectivity index (χ4n) is 6.10. The Hall–Kier alpha value is -2.97. The smallest absolute Gasteiger partial charge is 0.243 e. The van der Waals surface area contributed by atoms with Gasteiger partial charge in [-0.2, -0.15) is 4.31 Å². The standard InChI is InChI=1S/C29H34N4O3S/c34-29(31-27-11-5-8-21-7-1-2-10-25(21)27)23-9-6-16-32(20-23)28-15-12-22-19-24(13-14-26(22)30-28)37(35,36)33-17-3-4-18-33/h1-2,7,10,12-15,19,23,27H,3-6,8-9,11,16-18,20H2,(H,31,34)/t23-,27+/m0/s1. The highest BCUT2D eigenvalue weighted by Crippen LogP contribution is 2.31. The number of nitrogens with one attached hydrogen (secondary N) is 1. The van der Waals surface area contributed by atoms with Gasteiger partial charge in [0.1, 0.15) is 5.82 Å². The Morgan fingerprint density at radius 3 is 2.62 bits per heavy atom. The van der Waals surface area contributed by atoms with E-state index >= 15 is 0 Å². The summed E-state index contributed by atoms with van der Waals surface area (Å²) in [5, 5.41) is 4.15. The molecule has 0 unspecified atom stereocenters. The van der Waals surface area contributed by atoms with Gasteiger partial charge in [0.15, 0.2) is 0 Å². The quantitative estimate of drug-likeness (QED) is 0.540. The van der Waals surface area contributed by atoms with Crippen molar-refractivity contribution in [2.24, 2.45) is 5.92 Å². The first-order valence-electron chi connectivity index (χ1n) is 13.5. The summed E-state index contributed by atoms with van der Waals surface area (Å²) in [4.78, 5) is 20.7. The predicted octanol–water partition coefficient (Wildman–Crippen LogP) is 4.43. The predicted molar refractivity (Wildman–Crippen MR) is 145 cm³/mol. The van der Waals surface area contributed by atoms with Crippen molar-refractivity contribution in [3.05, 3.63) is 65.7 Å². The Balaban J connectivity index is 1.16. The first kappa shape index (κ1) is 24.4. The molecular weight excluding hydrogens is 484 g/mol. The van der Waals surface area contributed by atoms with E-state index in [1.807, 2.05) is 12.1 Å². The molecule has 8 heteroatoms. The second-order valence-corrected chi connectivity index (χ2v) is 12.5. The summed E-state index contributed by atoms with van der Waals surface area (Å²) in [6, 6.07) is 17.6. The van der Waals surface area contributed by atoms with Crippen LogP contribution in [0.2, 0.25) is 0 Å². The second kappa shape index (κ2) is 10.1. The number of hydrogen-bond donors (Lipinski definition) is 1. The number of fused-ring (bicyclic) bond motifs is 2. The van der Waals surface area contributed by atoms with E-state index in [1.165, 1.54) is 11.1 Å². The van der Waals surface area contributed by atoms with Crippen molar-refractivity contribution in [3.8, 4) is 0 Å². The van der Waals surface area contributed by atoms with Gasteiger partial charge in [-0.25, -0.2) is 13.4 Å². The maximum Gasteiger partial charge on any atom is 0.243 e. The van der Waals surface area contributed by atoms with Crippen LogP contribution in [-0.2, 0) is 21.2 Å². The largest absolute Gasteiger partial charge is 0.356 e. The number of carbonyl (C=O) groups excluding carboxylic acids is 1. The number of benzene rings is 2. The Morgan fingerprint density at radius 2 is 1.76 bits per heavy atom. The molecule has 2 aromatic carbocycles. The SMILES string of the molecule is O=C(N[C@@H]1CCCc2ccccc21)[C@H]1CCCN(c2ccc3cc(S(=O)(=O)N4CCCC4)ccc3n2)C1. The van der Waals surface area contributed by atoms with Gasteiger partial charge in [-0.05, 0) is 86.4 Å². The zero-order valence-corrected chi connectivity index (χ0v) is 21.9. The number of rotatable bonds is 5. The number of piperidine rings is 1. The van der Waals surface area contributed by atoms with Gasteiger partial charge >= 0.3 is 0 Å². The van der Waals surface area contributed by atoms with Crippen LogP contribution in [0.5, 0.6) is 0 Å². The van der Waals surface area contributed by atoms with Crippen molar-refractivity contribution in [1.82, 2.24) is 14.6 Å². The summed E-state index contributed by atoms with van der Waals surface area (Å²) in [5.41, 5.74) is 3.38. The number of anilines is 1. The third kappa shape index (κ3) is 4.84. The van der Waals surface area contributed by atoms with E-state index in [9.17, 15) is 13.2 Å². The number of amides is 1. The van der Waals surface area contributed by atoms with E-state index in [4.69, 9.17) is 4.98 Å². The molecule has 1 amide bonds. The van der Waals surface area contributed by atoms with E-state index in [0.29, 0.717) is 24.5 Å². The monoisotopic (exact) mass is 518 g/mol. The molecule has 2 atom stereocenters. The van der Waals surface area contributed by atoms with Gasteiger partial charge in [0.2, 0.25) is 15.9 Å². The topological polar surface area (TPSA) is 82.6 Å². The molecule has 0 radical (unpaired) electrons. The first-order valence-corrected chi connectivity index (χ1v) is 15.0. The molecule has 6 rings (SSSR count). The molecule has 37 heavy (non-hydrogen) atoms. The minimum atomic E-state index is -3.46. The lowest BCUT2D eigenvalue weighted by molar-refractivity contribution is -0.126. The zero-order chi connectivity index (χ0) is 25.4. The lowest BCUT2D eigenvalue weighted by Crippen LogP contribution is -2.44. The van der Waals surface area contributed by atoms with E-state index in [0.717, 1.165) is 68.2 Å². The third-order valence-corrected chi connectivity index (χ3v) is 10.0. The molecule has 2 aliphatic heterocycles. The molecule has 3 aromatic rings. The van der Waals surface area contributed by atoms with Crippen LogP contribution in [0.15, 0.2) is 59.5 Å². The number of carbonyl (C=O) groups is 1. The van der Waals surface area contributed by atoms with Crippen LogP contribution in [0.25, 0.3) is 10.9 Å². The van der Waals surface area contributed by atoms with Crippen LogP contribution in [-0.4, -0.2) is 49.8 Å². The number of hydrogen-bond acceptors (Lipinski definition) is 5. The lowest BCUT2D eigenvalue weighted by Gasteiger charge is -2.34. The fraction of sp³-hybridized carbons (Fsp3) is 0.448. The molecule has 7 nitrogen and oxygen atoms in total. The summed E-state index contributed by atoms with van der Waals surface area (Å²) in [6.07, 6.45) is 6.82. The lowest BCUT2D eigenvalue weighted by atomic mass is 9.87. The summed E-state index contributed by atoms with van der Waals surface area (Å²) in [5.74, 6) is 0.889. The zero-order valence-electron chi connectivity index (χ0n) is 21.1. The van der Waals surface area contributed by atoms with E-state index in [2.05, 4.69) is 34.5 Å². The van der Waals surface area contributed by atoms with Gasteiger partial charge < -0.3 is 10.2 Å². The minimum absolute atomic E-state index is 0.0756. The molecule has 194 valence electrons. The molecule has 1 aromatic heterocycles. The van der Waals surface area contributed by atoms with Crippen LogP contribution < -0.4 is 10.2 Å². The van der Waals surface area contributed by atoms with Crippen molar-refractivity contribution in [2.75, 3.05) is 31.1 Å². The van der Waals surface area contributed by atoms with E-state index < -0.39 is 10.0 Å². The van der Waals surface area contributed by atoms with Gasteiger partial charge in [0.25, 0.3) is 0 Å². The molecular formula is C29H34N4O3S. The Morgan fingerprint density at radius 1 is 0.919 bits per heavy atom. The molecule has 1 aliphatic carbocycles. The van der Waals surface area contributed by atoms with Crippen LogP contribution >= 0.6 is 0 Å². The molecule has 2 saturated heterocycles. The minimum Gasteiger partial charge on any atom is -0.356 e. The first-order chi connectivity index (χ1) is 18.0.